The fraction of sp³-hybridized carbons (Fsp3) is 0.0870. The van der Waals surface area contributed by atoms with Crippen LogP contribution in [0.15, 0.2) is 79.5 Å². The molecule has 0 aliphatic carbocycles. The van der Waals surface area contributed by atoms with Crippen molar-refractivity contribution < 1.29 is 17.9 Å². The second-order valence-corrected chi connectivity index (χ2v) is 8.62. The molecule has 0 atom stereocenters. The van der Waals surface area contributed by atoms with Crippen LogP contribution in [0.3, 0.4) is 0 Å². The Morgan fingerprint density at radius 3 is 2.39 bits per heavy atom. The molecule has 0 aliphatic rings. The van der Waals surface area contributed by atoms with Gasteiger partial charge in [-0.2, -0.15) is 22.9 Å². The van der Waals surface area contributed by atoms with Crippen LogP contribution in [0.25, 0.3) is 22.3 Å². The SMILES string of the molecule is COc1c(Br)cc(C=Nn2c(-c3cccc(C(F)(F)F)c3)nc3ccccc3c2=O)cc1Br. The summed E-state index contributed by atoms with van der Waals surface area (Å²) in [5.74, 6) is 0.578. The van der Waals surface area contributed by atoms with Crippen molar-refractivity contribution in [1.29, 1.82) is 0 Å². The highest BCUT2D eigenvalue weighted by Crippen LogP contribution is 2.34. The number of nitrogens with zero attached hydrogens (tertiary/aromatic N) is 3. The lowest BCUT2D eigenvalue weighted by molar-refractivity contribution is -0.137. The highest BCUT2D eigenvalue weighted by atomic mass is 79.9. The minimum absolute atomic E-state index is 0.00677. The van der Waals surface area contributed by atoms with Crippen molar-refractivity contribution in [2.75, 3.05) is 7.11 Å². The van der Waals surface area contributed by atoms with E-state index in [0.717, 1.165) is 16.8 Å². The Bertz CT molecular complexity index is 1430. The highest BCUT2D eigenvalue weighted by molar-refractivity contribution is 9.11. The number of hydrogen-bond acceptors (Lipinski definition) is 4. The molecule has 0 saturated heterocycles. The third kappa shape index (κ3) is 4.72. The molecule has 0 amide bonds. The standard InChI is InChI=1S/C23H14Br2F3N3O2/c1-33-20-17(24)9-13(10-18(20)25)12-29-31-21(14-5-4-6-15(11-14)23(26,27)28)30-19-8-3-2-7-16(19)22(31)32/h2-12H,1H3. The van der Waals surface area contributed by atoms with E-state index in [1.807, 2.05) is 0 Å². The molecule has 1 aromatic heterocycles. The van der Waals surface area contributed by atoms with Gasteiger partial charge in [0.2, 0.25) is 0 Å². The van der Waals surface area contributed by atoms with E-state index in [-0.39, 0.29) is 11.4 Å². The van der Waals surface area contributed by atoms with Crippen molar-refractivity contribution in [3.05, 3.63) is 91.1 Å². The van der Waals surface area contributed by atoms with E-state index in [2.05, 4.69) is 41.9 Å². The minimum atomic E-state index is -4.54. The molecule has 1 heterocycles. The Morgan fingerprint density at radius 1 is 1.03 bits per heavy atom. The van der Waals surface area contributed by atoms with Gasteiger partial charge in [-0.05, 0) is 73.8 Å². The molecule has 0 bridgehead atoms. The molecule has 0 fully saturated rings. The van der Waals surface area contributed by atoms with E-state index in [1.54, 1.807) is 36.4 Å². The maximum absolute atomic E-state index is 13.3. The van der Waals surface area contributed by atoms with Crippen LogP contribution in [-0.2, 0) is 6.18 Å². The average Bonchev–Trinajstić information content (AvgIpc) is 2.78. The Kier molecular flexibility index (Phi) is 6.40. The van der Waals surface area contributed by atoms with Crippen LogP contribution < -0.4 is 10.3 Å². The zero-order valence-corrected chi connectivity index (χ0v) is 20.1. The molecule has 0 N–H and O–H groups in total. The fourth-order valence-corrected chi connectivity index (χ4v) is 4.77. The van der Waals surface area contributed by atoms with Gasteiger partial charge in [-0.1, -0.05) is 24.3 Å². The van der Waals surface area contributed by atoms with E-state index < -0.39 is 17.3 Å². The Hall–Kier alpha value is -2.98. The molecular formula is C23H14Br2F3N3O2. The van der Waals surface area contributed by atoms with Gasteiger partial charge < -0.3 is 4.74 Å². The number of methoxy groups -OCH3 is 1. The minimum Gasteiger partial charge on any atom is -0.494 e. The first kappa shape index (κ1) is 23.2. The topological polar surface area (TPSA) is 56.5 Å². The van der Waals surface area contributed by atoms with E-state index >= 15 is 0 Å². The Labute approximate surface area is 202 Å². The molecular weight excluding hydrogens is 567 g/mol. The summed E-state index contributed by atoms with van der Waals surface area (Å²) in [6.07, 6.45) is -3.12. The van der Waals surface area contributed by atoms with E-state index in [0.29, 0.717) is 31.2 Å². The lowest BCUT2D eigenvalue weighted by Crippen LogP contribution is -2.20. The van der Waals surface area contributed by atoms with Gasteiger partial charge in [0.15, 0.2) is 5.82 Å². The van der Waals surface area contributed by atoms with Gasteiger partial charge in [-0.15, -0.1) is 0 Å². The molecule has 4 aromatic rings. The van der Waals surface area contributed by atoms with Crippen LogP contribution in [0.1, 0.15) is 11.1 Å². The summed E-state index contributed by atoms with van der Waals surface area (Å²) in [4.78, 5) is 17.7. The maximum atomic E-state index is 13.3. The summed E-state index contributed by atoms with van der Waals surface area (Å²) in [5, 5.41) is 4.58. The smallest absolute Gasteiger partial charge is 0.416 e. The first-order valence-electron chi connectivity index (χ1n) is 9.46. The molecule has 0 spiro atoms. The molecule has 0 saturated carbocycles. The quantitative estimate of drug-likeness (QED) is 0.259. The molecule has 0 aliphatic heterocycles. The first-order chi connectivity index (χ1) is 15.7. The zero-order valence-electron chi connectivity index (χ0n) is 16.9. The van der Waals surface area contributed by atoms with Crippen molar-refractivity contribution in [3.63, 3.8) is 0 Å². The lowest BCUT2D eigenvalue weighted by atomic mass is 10.1. The Balaban J connectivity index is 1.92. The fourth-order valence-electron chi connectivity index (χ4n) is 3.23. The number of fused-ring (bicyclic) bond motifs is 1. The van der Waals surface area contributed by atoms with Crippen LogP contribution in [0.5, 0.6) is 5.75 Å². The van der Waals surface area contributed by atoms with Gasteiger partial charge >= 0.3 is 6.18 Å². The molecule has 5 nitrogen and oxygen atoms in total. The second kappa shape index (κ2) is 9.11. The van der Waals surface area contributed by atoms with E-state index in [4.69, 9.17) is 4.74 Å². The first-order valence-corrected chi connectivity index (χ1v) is 11.0. The predicted octanol–water partition coefficient (Wildman–Crippen LogP) is 6.50. The number of hydrogen-bond donors (Lipinski definition) is 0. The van der Waals surface area contributed by atoms with Crippen LogP contribution in [0, 0.1) is 0 Å². The van der Waals surface area contributed by atoms with Crippen LogP contribution in [0.4, 0.5) is 13.2 Å². The summed E-state index contributed by atoms with van der Waals surface area (Å²) >= 11 is 6.81. The molecule has 0 radical (unpaired) electrons. The van der Waals surface area contributed by atoms with Crippen molar-refractivity contribution >= 4 is 49.0 Å². The average molecular weight is 581 g/mol. The summed E-state index contributed by atoms with van der Waals surface area (Å²) in [6, 6.07) is 14.7. The van der Waals surface area contributed by atoms with Gasteiger partial charge in [0, 0.05) is 5.56 Å². The number of benzene rings is 3. The van der Waals surface area contributed by atoms with Crippen molar-refractivity contribution in [3.8, 4) is 17.1 Å². The molecule has 0 unspecified atom stereocenters. The largest absolute Gasteiger partial charge is 0.494 e. The number of aromatic nitrogens is 2. The van der Waals surface area contributed by atoms with Crippen molar-refractivity contribution in [2.45, 2.75) is 6.18 Å². The Morgan fingerprint density at radius 2 is 1.73 bits per heavy atom. The van der Waals surface area contributed by atoms with Crippen LogP contribution >= 0.6 is 31.9 Å². The number of alkyl halides is 3. The van der Waals surface area contributed by atoms with Crippen LogP contribution in [0.2, 0.25) is 0 Å². The number of para-hydroxylation sites is 1. The highest BCUT2D eigenvalue weighted by Gasteiger charge is 2.31. The molecule has 3 aromatic carbocycles. The van der Waals surface area contributed by atoms with Gasteiger partial charge in [0.25, 0.3) is 5.56 Å². The van der Waals surface area contributed by atoms with Gasteiger partial charge in [-0.25, -0.2) is 4.98 Å². The maximum Gasteiger partial charge on any atom is 0.416 e. The van der Waals surface area contributed by atoms with Crippen molar-refractivity contribution in [2.24, 2.45) is 5.10 Å². The monoisotopic (exact) mass is 579 g/mol. The summed E-state index contributed by atoms with van der Waals surface area (Å²) in [7, 11) is 1.53. The molecule has 4 rings (SSSR count). The third-order valence-corrected chi connectivity index (χ3v) is 5.93. The number of ether oxygens (including phenoxy) is 1. The number of halogens is 5. The van der Waals surface area contributed by atoms with Crippen LogP contribution in [-0.4, -0.2) is 23.0 Å². The zero-order chi connectivity index (χ0) is 23.8. The van der Waals surface area contributed by atoms with Gasteiger partial charge in [0.1, 0.15) is 5.75 Å². The predicted molar refractivity (Wildman–Crippen MR) is 128 cm³/mol. The van der Waals surface area contributed by atoms with E-state index in [9.17, 15) is 18.0 Å². The van der Waals surface area contributed by atoms with Gasteiger partial charge in [0.05, 0.1) is 38.7 Å². The summed E-state index contributed by atoms with van der Waals surface area (Å²) < 4.78 is 47.5. The number of rotatable bonds is 4. The summed E-state index contributed by atoms with van der Waals surface area (Å²) in [6.45, 7) is 0. The molecule has 33 heavy (non-hydrogen) atoms. The van der Waals surface area contributed by atoms with E-state index in [1.165, 1.54) is 25.5 Å². The lowest BCUT2D eigenvalue weighted by Gasteiger charge is -2.12. The molecule has 10 heteroatoms. The second-order valence-electron chi connectivity index (χ2n) is 6.91. The normalized spacial score (nSPS) is 11.9. The molecule has 168 valence electrons. The summed E-state index contributed by atoms with van der Waals surface area (Å²) in [5.41, 5.74) is -0.264. The van der Waals surface area contributed by atoms with Gasteiger partial charge in [-0.3, -0.25) is 4.79 Å². The van der Waals surface area contributed by atoms with Crippen molar-refractivity contribution in [1.82, 2.24) is 9.66 Å². The third-order valence-electron chi connectivity index (χ3n) is 4.75.